The van der Waals surface area contributed by atoms with Crippen LogP contribution >= 0.6 is 12.4 Å². The van der Waals surface area contributed by atoms with Crippen molar-refractivity contribution in [3.05, 3.63) is 29.1 Å². The van der Waals surface area contributed by atoms with Gasteiger partial charge >= 0.3 is 0 Å². The van der Waals surface area contributed by atoms with Gasteiger partial charge in [0.2, 0.25) is 10.0 Å². The molecule has 0 aliphatic carbocycles. The van der Waals surface area contributed by atoms with Crippen molar-refractivity contribution >= 4 is 22.4 Å². The molecule has 0 aliphatic heterocycles. The van der Waals surface area contributed by atoms with Gasteiger partial charge in [-0.1, -0.05) is 0 Å². The monoisotopic (exact) mass is 310 g/mol. The van der Waals surface area contributed by atoms with Crippen molar-refractivity contribution < 1.29 is 12.8 Å². The third-order valence-corrected chi connectivity index (χ3v) is 4.08. The fraction of sp³-hybridized carbons (Fsp3) is 0.500. The van der Waals surface area contributed by atoms with Crippen LogP contribution in [0.2, 0.25) is 0 Å². The van der Waals surface area contributed by atoms with E-state index in [0.717, 1.165) is 6.42 Å². The molecule has 0 bridgehead atoms. The third-order valence-electron chi connectivity index (χ3n) is 2.64. The predicted molar refractivity (Wildman–Crippen MR) is 76.6 cm³/mol. The second kappa shape index (κ2) is 7.79. The molecule has 0 fully saturated rings. The number of nitrogens with one attached hydrogen (secondary N) is 1. The third kappa shape index (κ3) is 5.06. The van der Waals surface area contributed by atoms with Crippen LogP contribution in [0.1, 0.15) is 24.0 Å². The predicted octanol–water partition coefficient (Wildman–Crippen LogP) is 1.88. The maximum Gasteiger partial charge on any atom is 0.240 e. The highest BCUT2D eigenvalue weighted by Crippen LogP contribution is 2.18. The van der Waals surface area contributed by atoms with Gasteiger partial charge in [-0.15, -0.1) is 12.4 Å². The lowest BCUT2D eigenvalue weighted by molar-refractivity contribution is 0.575. The van der Waals surface area contributed by atoms with Crippen LogP contribution in [0.5, 0.6) is 0 Å². The summed E-state index contributed by atoms with van der Waals surface area (Å²) in [5, 5.41) is 0. The first-order chi connectivity index (χ1) is 8.38. The highest BCUT2D eigenvalue weighted by molar-refractivity contribution is 7.89. The number of hydrogen-bond acceptors (Lipinski definition) is 3. The average molecular weight is 311 g/mol. The Bertz CT molecular complexity index is 497. The quantitative estimate of drug-likeness (QED) is 0.788. The second-order valence-corrected chi connectivity index (χ2v) is 6.03. The Labute approximate surface area is 120 Å². The number of nitrogens with two attached hydrogens (primary N) is 1. The molecular weight excluding hydrogens is 291 g/mol. The van der Waals surface area contributed by atoms with Gasteiger partial charge in [0.15, 0.2) is 0 Å². The lowest BCUT2D eigenvalue weighted by Crippen LogP contribution is -2.25. The van der Waals surface area contributed by atoms with E-state index < -0.39 is 10.0 Å². The summed E-state index contributed by atoms with van der Waals surface area (Å²) in [5.74, 6) is -0.364. The molecule has 1 rings (SSSR count). The zero-order valence-electron chi connectivity index (χ0n) is 11.1. The summed E-state index contributed by atoms with van der Waals surface area (Å²) < 4.78 is 39.8. The van der Waals surface area contributed by atoms with Crippen LogP contribution in [0.4, 0.5) is 4.39 Å². The van der Waals surface area contributed by atoms with E-state index in [0.29, 0.717) is 30.6 Å². The van der Waals surface area contributed by atoms with E-state index in [1.165, 1.54) is 12.1 Å². The average Bonchev–Trinajstić information content (AvgIpc) is 2.31. The molecule has 4 nitrogen and oxygen atoms in total. The van der Waals surface area contributed by atoms with E-state index in [9.17, 15) is 12.8 Å². The van der Waals surface area contributed by atoms with Crippen molar-refractivity contribution in [3.8, 4) is 0 Å². The minimum absolute atomic E-state index is 0. The van der Waals surface area contributed by atoms with Gasteiger partial charge in [-0.25, -0.2) is 17.5 Å². The molecule has 0 amide bonds. The first-order valence-electron chi connectivity index (χ1n) is 5.85. The standard InChI is InChI=1S/C12H19FN2O2S.ClH/c1-9-7-11(8-10(2)12(9)13)18(16,17)15-6-4-3-5-14;/h7-8,15H,3-6,14H2,1-2H3;1H. The van der Waals surface area contributed by atoms with Crippen LogP contribution in [0.15, 0.2) is 17.0 Å². The number of aryl methyl sites for hydroxylation is 2. The van der Waals surface area contributed by atoms with Gasteiger partial charge in [0.1, 0.15) is 5.82 Å². The highest BCUT2D eigenvalue weighted by atomic mass is 35.5. The summed E-state index contributed by atoms with van der Waals surface area (Å²) in [6.45, 7) is 3.98. The van der Waals surface area contributed by atoms with Crippen LogP contribution < -0.4 is 10.5 Å². The molecule has 0 radical (unpaired) electrons. The van der Waals surface area contributed by atoms with E-state index in [1.54, 1.807) is 13.8 Å². The van der Waals surface area contributed by atoms with Gasteiger partial charge in [-0.2, -0.15) is 0 Å². The Morgan fingerprint density at radius 1 is 1.21 bits per heavy atom. The first kappa shape index (κ1) is 18.3. The molecule has 0 heterocycles. The van der Waals surface area contributed by atoms with Crippen molar-refractivity contribution in [2.75, 3.05) is 13.1 Å². The van der Waals surface area contributed by atoms with E-state index in [2.05, 4.69) is 4.72 Å². The number of halogens is 2. The van der Waals surface area contributed by atoms with Crippen LogP contribution in [0.25, 0.3) is 0 Å². The molecule has 1 aromatic rings. The first-order valence-corrected chi connectivity index (χ1v) is 7.33. The minimum atomic E-state index is -3.56. The summed E-state index contributed by atoms with van der Waals surface area (Å²) in [5.41, 5.74) is 5.99. The largest absolute Gasteiger partial charge is 0.330 e. The van der Waals surface area contributed by atoms with Crippen LogP contribution in [0.3, 0.4) is 0 Å². The summed E-state index contributed by atoms with van der Waals surface area (Å²) in [6, 6.07) is 2.68. The van der Waals surface area contributed by atoms with Gasteiger partial charge in [0.05, 0.1) is 4.90 Å². The van der Waals surface area contributed by atoms with Crippen molar-refractivity contribution in [2.45, 2.75) is 31.6 Å². The molecule has 3 N–H and O–H groups in total. The van der Waals surface area contributed by atoms with Gasteiger partial charge in [-0.05, 0) is 56.5 Å². The molecule has 0 aliphatic rings. The van der Waals surface area contributed by atoms with Crippen LogP contribution in [-0.4, -0.2) is 21.5 Å². The van der Waals surface area contributed by atoms with Crippen LogP contribution in [-0.2, 0) is 10.0 Å². The summed E-state index contributed by atoms with van der Waals surface area (Å²) in [4.78, 5) is 0.103. The van der Waals surface area contributed by atoms with Crippen LogP contribution in [0, 0.1) is 19.7 Å². The van der Waals surface area contributed by atoms with E-state index in [4.69, 9.17) is 5.73 Å². The molecule has 0 saturated heterocycles. The van der Waals surface area contributed by atoms with Crippen molar-refractivity contribution in [1.82, 2.24) is 4.72 Å². The van der Waals surface area contributed by atoms with Gasteiger partial charge in [0, 0.05) is 6.54 Å². The lowest BCUT2D eigenvalue weighted by atomic mass is 10.1. The smallest absolute Gasteiger partial charge is 0.240 e. The lowest BCUT2D eigenvalue weighted by Gasteiger charge is -2.09. The zero-order valence-corrected chi connectivity index (χ0v) is 12.7. The Morgan fingerprint density at radius 2 is 1.74 bits per heavy atom. The SMILES string of the molecule is Cc1cc(S(=O)(=O)NCCCCN)cc(C)c1F.Cl. The highest BCUT2D eigenvalue weighted by Gasteiger charge is 2.16. The van der Waals surface area contributed by atoms with Crippen molar-refractivity contribution in [3.63, 3.8) is 0 Å². The molecule has 0 aromatic heterocycles. The maximum atomic E-state index is 13.4. The molecular formula is C12H20ClFN2O2S. The molecule has 0 saturated carbocycles. The summed E-state index contributed by atoms with van der Waals surface area (Å²) >= 11 is 0. The number of rotatable bonds is 6. The number of hydrogen-bond donors (Lipinski definition) is 2. The number of sulfonamides is 1. The molecule has 0 atom stereocenters. The molecule has 1 aromatic carbocycles. The Balaban J connectivity index is 0.00000324. The van der Waals surface area contributed by atoms with Crippen molar-refractivity contribution in [2.24, 2.45) is 5.73 Å². The fourth-order valence-corrected chi connectivity index (χ4v) is 2.86. The normalized spacial score (nSPS) is 11.2. The second-order valence-electron chi connectivity index (χ2n) is 4.26. The number of unbranched alkanes of at least 4 members (excludes halogenated alkanes) is 1. The topological polar surface area (TPSA) is 72.2 Å². The van der Waals surface area contributed by atoms with E-state index >= 15 is 0 Å². The molecule has 110 valence electrons. The number of benzene rings is 1. The maximum absolute atomic E-state index is 13.4. The minimum Gasteiger partial charge on any atom is -0.330 e. The van der Waals surface area contributed by atoms with E-state index in [-0.39, 0.29) is 23.1 Å². The Hall–Kier alpha value is -0.690. The van der Waals surface area contributed by atoms with Crippen molar-refractivity contribution in [1.29, 1.82) is 0 Å². The molecule has 7 heteroatoms. The molecule has 19 heavy (non-hydrogen) atoms. The summed E-state index contributed by atoms with van der Waals surface area (Å²) in [7, 11) is -3.56. The fourth-order valence-electron chi connectivity index (χ4n) is 1.62. The summed E-state index contributed by atoms with van der Waals surface area (Å²) in [6.07, 6.45) is 1.46. The van der Waals surface area contributed by atoms with Gasteiger partial charge in [-0.3, -0.25) is 0 Å². The zero-order chi connectivity index (χ0) is 13.8. The van der Waals surface area contributed by atoms with Gasteiger partial charge < -0.3 is 5.73 Å². The Morgan fingerprint density at radius 3 is 2.21 bits per heavy atom. The van der Waals surface area contributed by atoms with Gasteiger partial charge in [0.25, 0.3) is 0 Å². The van der Waals surface area contributed by atoms with E-state index in [1.807, 2.05) is 0 Å². The molecule has 0 spiro atoms. The Kier molecular flexibility index (Phi) is 7.51. The molecule has 0 unspecified atom stereocenters.